The largest absolute Gasteiger partial charge is 0.335 e. The number of halogens is 1. The number of piperidine rings is 1. The van der Waals surface area contributed by atoms with Gasteiger partial charge in [0.1, 0.15) is 5.82 Å². The number of amides is 2. The van der Waals surface area contributed by atoms with Crippen LogP contribution < -0.4 is 16.0 Å². The summed E-state index contributed by atoms with van der Waals surface area (Å²) >= 11 is 0. The van der Waals surface area contributed by atoms with E-state index in [2.05, 4.69) is 43.6 Å². The summed E-state index contributed by atoms with van der Waals surface area (Å²) in [6.07, 6.45) is 3.58. The third-order valence-electron chi connectivity index (χ3n) is 5.32. The lowest BCUT2D eigenvalue weighted by molar-refractivity contribution is 0.145. The first kappa shape index (κ1) is 18.2. The van der Waals surface area contributed by atoms with E-state index in [1.165, 1.54) is 6.07 Å². The summed E-state index contributed by atoms with van der Waals surface area (Å²) < 4.78 is 13.3. The van der Waals surface area contributed by atoms with E-state index in [0.717, 1.165) is 31.2 Å². The lowest BCUT2D eigenvalue weighted by Crippen LogP contribution is -2.63. The Kier molecular flexibility index (Phi) is 4.80. The molecule has 1 saturated carbocycles. The summed E-state index contributed by atoms with van der Waals surface area (Å²) in [7, 11) is 0. The molecular weight excluding hydrogens is 317 g/mol. The second kappa shape index (κ2) is 6.60. The summed E-state index contributed by atoms with van der Waals surface area (Å²) in [4.78, 5) is 12.3. The van der Waals surface area contributed by atoms with E-state index in [-0.39, 0.29) is 35.0 Å². The normalized spacial score (nSPS) is 28.0. The molecule has 1 saturated heterocycles. The molecule has 3 N–H and O–H groups in total. The number of carbonyl (C=O) groups is 1. The van der Waals surface area contributed by atoms with Gasteiger partial charge in [-0.25, -0.2) is 9.18 Å². The molecule has 2 fully saturated rings. The number of benzene rings is 1. The Bertz CT molecular complexity index is 622. The summed E-state index contributed by atoms with van der Waals surface area (Å²) in [5.41, 5.74) is 1.05. The van der Waals surface area contributed by atoms with Crippen molar-refractivity contribution < 1.29 is 9.18 Å². The van der Waals surface area contributed by atoms with E-state index in [9.17, 15) is 9.18 Å². The van der Waals surface area contributed by atoms with Crippen molar-refractivity contribution in [2.75, 3.05) is 0 Å². The van der Waals surface area contributed by atoms with E-state index in [4.69, 9.17) is 0 Å². The molecule has 138 valence electrons. The van der Waals surface area contributed by atoms with Crippen molar-refractivity contribution in [3.8, 4) is 0 Å². The van der Waals surface area contributed by atoms with Gasteiger partial charge in [0, 0.05) is 23.2 Å². The van der Waals surface area contributed by atoms with Crippen LogP contribution in [0.5, 0.6) is 0 Å². The molecule has 1 aromatic carbocycles. The molecule has 5 heteroatoms. The number of hydrogen-bond acceptors (Lipinski definition) is 2. The molecule has 1 aliphatic heterocycles. The van der Waals surface area contributed by atoms with Crippen LogP contribution in [0.3, 0.4) is 0 Å². The van der Waals surface area contributed by atoms with Gasteiger partial charge in [-0.1, -0.05) is 12.1 Å². The van der Waals surface area contributed by atoms with Crippen LogP contribution in [0.2, 0.25) is 0 Å². The summed E-state index contributed by atoms with van der Waals surface area (Å²) in [6.45, 7) is 8.71. The van der Waals surface area contributed by atoms with Gasteiger partial charge in [0.05, 0.1) is 0 Å². The zero-order valence-electron chi connectivity index (χ0n) is 15.7. The summed E-state index contributed by atoms with van der Waals surface area (Å²) in [5, 5.41) is 9.84. The lowest BCUT2D eigenvalue weighted by Gasteiger charge is -2.46. The first-order valence-electron chi connectivity index (χ1n) is 9.24. The Morgan fingerprint density at radius 1 is 1.08 bits per heavy atom. The van der Waals surface area contributed by atoms with Crippen molar-refractivity contribution in [2.24, 2.45) is 0 Å². The van der Waals surface area contributed by atoms with E-state index < -0.39 is 0 Å². The Labute approximate surface area is 150 Å². The zero-order valence-corrected chi connectivity index (χ0v) is 15.7. The minimum Gasteiger partial charge on any atom is -0.335 e. The fraction of sp³-hybridized carbons (Fsp3) is 0.650. The highest BCUT2D eigenvalue weighted by Crippen LogP contribution is 2.37. The van der Waals surface area contributed by atoms with Crippen molar-refractivity contribution in [2.45, 2.75) is 82.5 Å². The van der Waals surface area contributed by atoms with Crippen LogP contribution >= 0.6 is 0 Å². The van der Waals surface area contributed by atoms with Crippen LogP contribution in [0.25, 0.3) is 0 Å². The van der Waals surface area contributed by atoms with Gasteiger partial charge in [-0.15, -0.1) is 0 Å². The van der Waals surface area contributed by atoms with Crippen LogP contribution in [-0.4, -0.2) is 29.2 Å². The molecule has 2 amide bonds. The van der Waals surface area contributed by atoms with Crippen molar-refractivity contribution >= 4 is 6.03 Å². The number of hydrogen-bond donors (Lipinski definition) is 3. The van der Waals surface area contributed by atoms with Gasteiger partial charge < -0.3 is 16.0 Å². The predicted octanol–water partition coefficient (Wildman–Crippen LogP) is 3.68. The first-order valence-corrected chi connectivity index (χ1v) is 9.24. The van der Waals surface area contributed by atoms with E-state index in [1.807, 2.05) is 6.07 Å². The third-order valence-corrected chi connectivity index (χ3v) is 5.32. The lowest BCUT2D eigenvalue weighted by atomic mass is 9.76. The number of rotatable bonds is 3. The van der Waals surface area contributed by atoms with Gasteiger partial charge in [0.25, 0.3) is 0 Å². The highest BCUT2D eigenvalue weighted by molar-refractivity contribution is 5.74. The van der Waals surface area contributed by atoms with Crippen LogP contribution in [0.15, 0.2) is 24.3 Å². The molecule has 0 radical (unpaired) electrons. The maximum Gasteiger partial charge on any atom is 0.315 e. The average molecular weight is 347 g/mol. The van der Waals surface area contributed by atoms with Gasteiger partial charge in [-0.2, -0.15) is 0 Å². The van der Waals surface area contributed by atoms with Crippen LogP contribution in [-0.2, 0) is 0 Å². The molecule has 3 rings (SSSR count). The van der Waals surface area contributed by atoms with Gasteiger partial charge in [-0.3, -0.25) is 0 Å². The molecule has 0 bridgehead atoms. The Balaban J connectivity index is 1.46. The number of carbonyl (C=O) groups excluding carboxylic acids is 1. The molecule has 1 heterocycles. The quantitative estimate of drug-likeness (QED) is 0.781. The summed E-state index contributed by atoms with van der Waals surface area (Å²) in [6, 6.07) is 7.04. The zero-order chi connectivity index (χ0) is 18.2. The molecular formula is C20H30FN3O. The predicted molar refractivity (Wildman–Crippen MR) is 98.1 cm³/mol. The molecule has 4 nitrogen and oxygen atoms in total. The minimum atomic E-state index is -0.192. The second-order valence-electron chi connectivity index (χ2n) is 9.04. The SMILES string of the molecule is CC1(C)CC(NC(=O)NC2CC(c3cccc(F)c3)C2)CC(C)(C)N1. The van der Waals surface area contributed by atoms with Gasteiger partial charge in [0.15, 0.2) is 0 Å². The maximum atomic E-state index is 13.3. The van der Waals surface area contributed by atoms with Crippen molar-refractivity contribution in [1.82, 2.24) is 16.0 Å². The molecule has 0 atom stereocenters. The molecule has 0 aromatic heterocycles. The number of nitrogens with one attached hydrogen (secondary N) is 3. The smallest absolute Gasteiger partial charge is 0.315 e. The van der Waals surface area contributed by atoms with Gasteiger partial charge in [0.2, 0.25) is 0 Å². The fourth-order valence-electron chi connectivity index (χ4n) is 4.61. The topological polar surface area (TPSA) is 53.2 Å². The van der Waals surface area contributed by atoms with E-state index in [1.54, 1.807) is 12.1 Å². The highest BCUT2D eigenvalue weighted by Gasteiger charge is 2.38. The monoisotopic (exact) mass is 347 g/mol. The van der Waals surface area contributed by atoms with Crippen LogP contribution in [0.4, 0.5) is 9.18 Å². The van der Waals surface area contributed by atoms with Gasteiger partial charge >= 0.3 is 6.03 Å². The Morgan fingerprint density at radius 2 is 1.68 bits per heavy atom. The maximum absolute atomic E-state index is 13.3. The van der Waals surface area contributed by atoms with Crippen LogP contribution in [0, 0.1) is 5.82 Å². The number of urea groups is 1. The Morgan fingerprint density at radius 3 is 2.28 bits per heavy atom. The minimum absolute atomic E-state index is 0.0125. The van der Waals surface area contributed by atoms with Crippen molar-refractivity contribution in [1.29, 1.82) is 0 Å². The third kappa shape index (κ3) is 4.72. The van der Waals surface area contributed by atoms with Crippen LogP contribution in [0.1, 0.15) is 64.9 Å². The molecule has 0 spiro atoms. The Hall–Kier alpha value is -1.62. The van der Waals surface area contributed by atoms with Crippen molar-refractivity contribution in [3.63, 3.8) is 0 Å². The molecule has 25 heavy (non-hydrogen) atoms. The van der Waals surface area contributed by atoms with E-state index >= 15 is 0 Å². The molecule has 1 aromatic rings. The highest BCUT2D eigenvalue weighted by atomic mass is 19.1. The first-order chi connectivity index (χ1) is 11.6. The van der Waals surface area contributed by atoms with Crippen molar-refractivity contribution in [3.05, 3.63) is 35.6 Å². The molecule has 2 aliphatic rings. The fourth-order valence-corrected chi connectivity index (χ4v) is 4.61. The average Bonchev–Trinajstić information content (AvgIpc) is 2.38. The standard InChI is InChI=1S/C20H30FN3O/c1-19(2)11-17(12-20(3,4)24-19)23-18(25)22-16-9-14(10-16)13-6-5-7-15(21)8-13/h5-8,14,16-17,24H,9-12H2,1-4H3,(H2,22,23,25). The second-order valence-corrected chi connectivity index (χ2v) is 9.04. The summed E-state index contributed by atoms with van der Waals surface area (Å²) in [5.74, 6) is 0.153. The molecule has 0 unspecified atom stereocenters. The van der Waals surface area contributed by atoms with E-state index in [0.29, 0.717) is 5.92 Å². The molecule has 1 aliphatic carbocycles. The van der Waals surface area contributed by atoms with Gasteiger partial charge in [-0.05, 0) is 77.0 Å².